The Hall–Kier alpha value is -2.41. The maximum atomic E-state index is 10.5. The molecule has 1 N–H and O–H groups in total. The smallest absolute Gasteiger partial charge is 0.306 e. The maximum absolute atomic E-state index is 10.5. The van der Waals surface area contributed by atoms with Crippen LogP contribution in [0.1, 0.15) is 5.56 Å². The van der Waals surface area contributed by atoms with Gasteiger partial charge in [0, 0.05) is 0 Å². The van der Waals surface area contributed by atoms with Crippen molar-refractivity contribution in [3.8, 4) is 5.75 Å². The van der Waals surface area contributed by atoms with Crippen LogP contribution in [0.4, 0.5) is 5.69 Å². The topological polar surface area (TPSA) is 90.4 Å². The first-order valence-corrected chi connectivity index (χ1v) is 6.09. The zero-order chi connectivity index (χ0) is 14.5. The number of benzene rings is 1. The van der Waals surface area contributed by atoms with Gasteiger partial charge in [0.15, 0.2) is 0 Å². The molecule has 0 bridgehead atoms. The van der Waals surface area contributed by atoms with Crippen LogP contribution in [0, 0.1) is 17.0 Å². The van der Waals surface area contributed by atoms with Crippen LogP contribution in [0.15, 0.2) is 36.7 Å². The van der Waals surface area contributed by atoms with Crippen LogP contribution in [-0.2, 0) is 6.54 Å². The maximum Gasteiger partial charge on any atom is 0.306 e. The molecule has 0 aliphatic heterocycles. The Labute approximate surface area is 115 Å². The zero-order valence-electron chi connectivity index (χ0n) is 11.0. The Morgan fingerprint density at radius 2 is 2.15 bits per heavy atom. The summed E-state index contributed by atoms with van der Waals surface area (Å²) in [5.41, 5.74) is 1.03. The highest BCUT2D eigenvalue weighted by molar-refractivity contribution is 5.26. The average Bonchev–Trinajstić information content (AvgIpc) is 2.87. The fourth-order valence-corrected chi connectivity index (χ4v) is 1.64. The van der Waals surface area contributed by atoms with Gasteiger partial charge in [0.25, 0.3) is 0 Å². The van der Waals surface area contributed by atoms with Crippen molar-refractivity contribution in [1.82, 2.24) is 9.78 Å². The van der Waals surface area contributed by atoms with Gasteiger partial charge in [0.05, 0.1) is 11.5 Å². The van der Waals surface area contributed by atoms with Crippen LogP contribution in [0.3, 0.4) is 0 Å². The van der Waals surface area contributed by atoms with Crippen LogP contribution >= 0.6 is 0 Å². The number of aromatic nitrogens is 2. The van der Waals surface area contributed by atoms with Crippen molar-refractivity contribution in [2.24, 2.45) is 0 Å². The second-order valence-electron chi connectivity index (χ2n) is 4.46. The molecule has 1 aromatic heterocycles. The summed E-state index contributed by atoms with van der Waals surface area (Å²) in [7, 11) is 0. The first-order chi connectivity index (χ1) is 9.54. The number of aryl methyl sites for hydroxylation is 1. The van der Waals surface area contributed by atoms with E-state index in [1.807, 2.05) is 31.2 Å². The third kappa shape index (κ3) is 3.79. The molecular weight excluding hydrogens is 262 g/mol. The van der Waals surface area contributed by atoms with Crippen molar-refractivity contribution >= 4 is 5.69 Å². The molecule has 0 fully saturated rings. The predicted octanol–water partition coefficient (Wildman–Crippen LogP) is 1.54. The van der Waals surface area contributed by atoms with Crippen molar-refractivity contribution < 1.29 is 14.8 Å². The molecule has 0 saturated heterocycles. The van der Waals surface area contributed by atoms with Crippen molar-refractivity contribution in [2.75, 3.05) is 6.61 Å². The van der Waals surface area contributed by atoms with E-state index in [1.165, 1.54) is 10.9 Å². The van der Waals surface area contributed by atoms with Gasteiger partial charge in [-0.1, -0.05) is 17.7 Å². The van der Waals surface area contributed by atoms with E-state index in [2.05, 4.69) is 5.10 Å². The van der Waals surface area contributed by atoms with Gasteiger partial charge in [0.1, 0.15) is 30.9 Å². The second kappa shape index (κ2) is 6.16. The fraction of sp³-hybridized carbons (Fsp3) is 0.308. The average molecular weight is 277 g/mol. The summed E-state index contributed by atoms with van der Waals surface area (Å²) in [4.78, 5) is 9.97. The molecule has 7 nitrogen and oxygen atoms in total. The molecule has 0 aliphatic rings. The highest BCUT2D eigenvalue weighted by Crippen LogP contribution is 2.12. The Bertz CT molecular complexity index is 580. The van der Waals surface area contributed by atoms with Crippen molar-refractivity contribution in [3.63, 3.8) is 0 Å². The number of aliphatic hydroxyl groups excluding tert-OH is 1. The summed E-state index contributed by atoms with van der Waals surface area (Å²) >= 11 is 0. The van der Waals surface area contributed by atoms with Crippen molar-refractivity contribution in [1.29, 1.82) is 0 Å². The van der Waals surface area contributed by atoms with Gasteiger partial charge in [0.2, 0.25) is 0 Å². The quantitative estimate of drug-likeness (QED) is 0.639. The van der Waals surface area contributed by atoms with E-state index in [9.17, 15) is 15.2 Å². The number of nitro groups is 1. The van der Waals surface area contributed by atoms with E-state index >= 15 is 0 Å². The lowest BCUT2D eigenvalue weighted by Crippen LogP contribution is -2.23. The van der Waals surface area contributed by atoms with Gasteiger partial charge in [-0.2, -0.15) is 5.10 Å². The standard InChI is InChI=1S/C13H15N3O4/c1-10-2-4-13(5-3-10)20-9-12(17)8-15-7-11(6-14-15)16(18)19/h2-7,12,17H,8-9H2,1H3. The van der Waals surface area contributed by atoms with Crippen molar-refractivity contribution in [2.45, 2.75) is 19.6 Å². The van der Waals surface area contributed by atoms with Crippen LogP contribution in [0.25, 0.3) is 0 Å². The third-order valence-corrected chi connectivity index (χ3v) is 2.69. The Kier molecular flexibility index (Phi) is 4.31. The summed E-state index contributed by atoms with van der Waals surface area (Å²) in [5, 5.41) is 24.1. The SMILES string of the molecule is Cc1ccc(OCC(O)Cn2cc([N+](=O)[O-])cn2)cc1. The lowest BCUT2D eigenvalue weighted by Gasteiger charge is -2.12. The third-order valence-electron chi connectivity index (χ3n) is 2.69. The molecule has 1 aromatic carbocycles. The molecule has 0 radical (unpaired) electrons. The number of rotatable bonds is 6. The molecule has 1 heterocycles. The van der Waals surface area contributed by atoms with E-state index < -0.39 is 11.0 Å². The first kappa shape index (κ1) is 14.0. The summed E-state index contributed by atoms with van der Waals surface area (Å²) in [6, 6.07) is 7.47. The van der Waals surface area contributed by atoms with E-state index in [0.717, 1.165) is 11.8 Å². The lowest BCUT2D eigenvalue weighted by atomic mass is 10.2. The molecule has 2 rings (SSSR count). The number of hydrogen-bond acceptors (Lipinski definition) is 5. The summed E-state index contributed by atoms with van der Waals surface area (Å²) in [6.07, 6.45) is 1.62. The minimum Gasteiger partial charge on any atom is -0.491 e. The van der Waals surface area contributed by atoms with Gasteiger partial charge in [-0.25, -0.2) is 0 Å². The number of aliphatic hydroxyl groups is 1. The van der Waals surface area contributed by atoms with Gasteiger partial charge in [-0.15, -0.1) is 0 Å². The molecule has 1 atom stereocenters. The second-order valence-corrected chi connectivity index (χ2v) is 4.46. The molecule has 106 valence electrons. The number of ether oxygens (including phenoxy) is 1. The highest BCUT2D eigenvalue weighted by atomic mass is 16.6. The van der Waals surface area contributed by atoms with E-state index in [-0.39, 0.29) is 18.8 Å². The van der Waals surface area contributed by atoms with Gasteiger partial charge in [-0.05, 0) is 19.1 Å². The molecule has 20 heavy (non-hydrogen) atoms. The normalized spacial score (nSPS) is 12.1. The number of nitrogens with zero attached hydrogens (tertiary/aromatic N) is 3. The molecule has 1 unspecified atom stereocenters. The van der Waals surface area contributed by atoms with Gasteiger partial charge in [-0.3, -0.25) is 14.8 Å². The van der Waals surface area contributed by atoms with E-state index in [4.69, 9.17) is 4.74 Å². The number of hydrogen-bond donors (Lipinski definition) is 1. The van der Waals surface area contributed by atoms with Crippen molar-refractivity contribution in [3.05, 3.63) is 52.3 Å². The molecule has 0 aliphatic carbocycles. The van der Waals surface area contributed by atoms with Crippen LogP contribution in [-0.4, -0.2) is 32.5 Å². The van der Waals surface area contributed by atoms with E-state index in [1.54, 1.807) is 0 Å². The van der Waals surface area contributed by atoms with Crippen LogP contribution in [0.5, 0.6) is 5.75 Å². The largest absolute Gasteiger partial charge is 0.491 e. The molecule has 0 spiro atoms. The minimum absolute atomic E-state index is 0.0940. The zero-order valence-corrected chi connectivity index (χ0v) is 11.0. The molecule has 7 heteroatoms. The summed E-state index contributed by atoms with van der Waals surface area (Å²) < 4.78 is 6.74. The Balaban J connectivity index is 1.84. The first-order valence-electron chi connectivity index (χ1n) is 6.09. The predicted molar refractivity (Wildman–Crippen MR) is 71.6 cm³/mol. The Morgan fingerprint density at radius 1 is 1.45 bits per heavy atom. The summed E-state index contributed by atoms with van der Waals surface area (Å²) in [6.45, 7) is 2.21. The molecule has 0 saturated carbocycles. The lowest BCUT2D eigenvalue weighted by molar-refractivity contribution is -0.385. The minimum atomic E-state index is -0.796. The molecular formula is C13H15N3O4. The van der Waals surface area contributed by atoms with Crippen LogP contribution in [0.2, 0.25) is 0 Å². The highest BCUT2D eigenvalue weighted by Gasteiger charge is 2.12. The summed E-state index contributed by atoms with van der Waals surface area (Å²) in [5.74, 6) is 0.668. The monoisotopic (exact) mass is 277 g/mol. The van der Waals surface area contributed by atoms with Gasteiger partial charge >= 0.3 is 5.69 Å². The molecule has 2 aromatic rings. The molecule has 0 amide bonds. The fourth-order valence-electron chi connectivity index (χ4n) is 1.64. The van der Waals surface area contributed by atoms with E-state index in [0.29, 0.717) is 5.75 Å². The van der Waals surface area contributed by atoms with Crippen LogP contribution < -0.4 is 4.74 Å². The van der Waals surface area contributed by atoms with Gasteiger partial charge < -0.3 is 9.84 Å². The Morgan fingerprint density at radius 3 is 2.75 bits per heavy atom.